The number of amides is 3. The summed E-state index contributed by atoms with van der Waals surface area (Å²) < 4.78 is 4.65. The number of rotatable bonds is 12. The summed E-state index contributed by atoms with van der Waals surface area (Å²) in [5.74, 6) is -2.46. The number of carbonyl (C=O) groups is 4. The van der Waals surface area contributed by atoms with E-state index in [4.69, 9.17) is 16.9 Å². The molecule has 36 heavy (non-hydrogen) atoms. The van der Waals surface area contributed by atoms with Crippen LogP contribution in [-0.2, 0) is 32.1 Å². The predicted octanol–water partition coefficient (Wildman–Crippen LogP) is -0.722. The number of nitrogens with zero attached hydrogens (tertiary/aromatic N) is 2. The van der Waals surface area contributed by atoms with Gasteiger partial charge < -0.3 is 37.3 Å². The van der Waals surface area contributed by atoms with Crippen LogP contribution in [0.1, 0.15) is 29.7 Å². The Balaban J connectivity index is 2.19. The smallest absolute Gasteiger partial charge is 0.407 e. The number of alkyl carbamates (subject to hydrolysis) is 1. The Hall–Kier alpha value is -4.75. The highest BCUT2D eigenvalue weighted by Crippen LogP contribution is 2.21. The first-order valence-electron chi connectivity index (χ1n) is 10.7. The summed E-state index contributed by atoms with van der Waals surface area (Å²) in [6.45, 7) is -0.419. The van der Waals surface area contributed by atoms with E-state index in [9.17, 15) is 24.3 Å². The van der Waals surface area contributed by atoms with Crippen LogP contribution in [0, 0.1) is 5.41 Å². The number of aromatic nitrogens is 2. The Labute approximate surface area is 206 Å². The van der Waals surface area contributed by atoms with Crippen molar-refractivity contribution in [3.63, 3.8) is 0 Å². The van der Waals surface area contributed by atoms with Gasteiger partial charge in [0.05, 0.1) is 38.3 Å². The Kier molecular flexibility index (Phi) is 9.65. The highest BCUT2D eigenvalue weighted by atomic mass is 16.5. The van der Waals surface area contributed by atoms with Gasteiger partial charge in [0.25, 0.3) is 0 Å². The van der Waals surface area contributed by atoms with E-state index < -0.39 is 42.4 Å². The third-order valence-corrected chi connectivity index (χ3v) is 5.10. The van der Waals surface area contributed by atoms with Gasteiger partial charge >= 0.3 is 12.1 Å². The Morgan fingerprint density at radius 1 is 1.11 bits per heavy atom. The molecule has 9 N–H and O–H groups in total. The van der Waals surface area contributed by atoms with Gasteiger partial charge in [0.15, 0.2) is 0 Å². The molecule has 1 aromatic carbocycles. The zero-order chi connectivity index (χ0) is 26.7. The molecule has 0 radical (unpaired) electrons. The van der Waals surface area contributed by atoms with Crippen molar-refractivity contribution in [3.8, 4) is 0 Å². The molecule has 0 aliphatic carbocycles. The van der Waals surface area contributed by atoms with Crippen LogP contribution in [0.2, 0.25) is 0 Å². The van der Waals surface area contributed by atoms with E-state index >= 15 is 0 Å². The summed E-state index contributed by atoms with van der Waals surface area (Å²) >= 11 is 0. The van der Waals surface area contributed by atoms with Crippen molar-refractivity contribution in [3.05, 3.63) is 53.5 Å². The number of ether oxygens (including phenoxy) is 1. The highest BCUT2D eigenvalue weighted by Gasteiger charge is 2.41. The van der Waals surface area contributed by atoms with Gasteiger partial charge in [-0.2, -0.15) is 0 Å². The van der Waals surface area contributed by atoms with Crippen molar-refractivity contribution in [2.75, 3.05) is 19.4 Å². The molecule has 0 bridgehead atoms. The van der Waals surface area contributed by atoms with Gasteiger partial charge in [-0.15, -0.1) is 0 Å². The number of nitrogens with two attached hydrogens (primary N) is 2. The lowest BCUT2D eigenvalue weighted by molar-refractivity contribution is -0.138. The summed E-state index contributed by atoms with van der Waals surface area (Å²) in [6, 6.07) is 6.31. The number of carbonyl (C=O) groups excluding carboxylic acids is 3. The van der Waals surface area contributed by atoms with E-state index in [-0.39, 0.29) is 31.0 Å². The molecule has 192 valence electrons. The number of amidine groups is 1. The summed E-state index contributed by atoms with van der Waals surface area (Å²) in [5.41, 5.74) is 10.6. The van der Waals surface area contributed by atoms with Crippen molar-refractivity contribution < 1.29 is 29.0 Å². The number of nitrogens with one attached hydrogen (secondary N) is 4. The molecule has 14 heteroatoms. The fraction of sp³-hybridized carbons (Fsp3) is 0.318. The molecule has 0 fully saturated rings. The summed E-state index contributed by atoms with van der Waals surface area (Å²) in [4.78, 5) is 56.9. The van der Waals surface area contributed by atoms with Crippen molar-refractivity contribution in [2.24, 2.45) is 5.73 Å². The Morgan fingerprint density at radius 2 is 1.81 bits per heavy atom. The van der Waals surface area contributed by atoms with Crippen molar-refractivity contribution in [2.45, 2.75) is 31.3 Å². The molecule has 0 aliphatic heterocycles. The van der Waals surface area contributed by atoms with E-state index in [1.807, 2.05) is 0 Å². The van der Waals surface area contributed by atoms with Crippen LogP contribution in [0.15, 0.2) is 36.7 Å². The molecule has 2 rings (SSSR count). The molecule has 0 spiro atoms. The maximum atomic E-state index is 13.3. The minimum absolute atomic E-state index is 0.0368. The van der Waals surface area contributed by atoms with Crippen LogP contribution in [0.5, 0.6) is 0 Å². The topological polar surface area (TPSA) is 236 Å². The van der Waals surface area contributed by atoms with Gasteiger partial charge in [-0.25, -0.2) is 9.78 Å². The fourth-order valence-corrected chi connectivity index (χ4v) is 3.20. The molecule has 1 atom stereocenters. The molecule has 1 aromatic heterocycles. The van der Waals surface area contributed by atoms with Gasteiger partial charge in [-0.05, 0) is 12.0 Å². The quantitative estimate of drug-likeness (QED) is 0.142. The number of hydrogen-bond donors (Lipinski definition) is 7. The predicted molar refractivity (Wildman–Crippen MR) is 128 cm³/mol. The maximum absolute atomic E-state index is 13.3. The lowest BCUT2D eigenvalue weighted by Crippen LogP contribution is -2.61. The Morgan fingerprint density at radius 3 is 2.36 bits per heavy atom. The lowest BCUT2D eigenvalue weighted by atomic mass is 9.85. The van der Waals surface area contributed by atoms with E-state index in [1.165, 1.54) is 12.4 Å². The number of benzene rings is 1. The van der Waals surface area contributed by atoms with Gasteiger partial charge in [0.1, 0.15) is 17.2 Å². The summed E-state index contributed by atoms with van der Waals surface area (Å²) in [5, 5.41) is 24.2. The fourth-order valence-electron chi connectivity index (χ4n) is 3.20. The zero-order valence-corrected chi connectivity index (χ0v) is 19.5. The average Bonchev–Trinajstić information content (AvgIpc) is 2.85. The van der Waals surface area contributed by atoms with Crippen LogP contribution in [0.25, 0.3) is 0 Å². The van der Waals surface area contributed by atoms with E-state index in [2.05, 4.69) is 30.7 Å². The molecule has 2 aromatic rings. The molecule has 0 aliphatic rings. The average molecular weight is 501 g/mol. The second-order valence-electron chi connectivity index (χ2n) is 7.77. The van der Waals surface area contributed by atoms with Gasteiger partial charge in [0.2, 0.25) is 11.8 Å². The summed E-state index contributed by atoms with van der Waals surface area (Å²) in [6.07, 6.45) is 0.903. The first-order chi connectivity index (χ1) is 17.0. The minimum Gasteiger partial charge on any atom is -0.481 e. The zero-order valence-electron chi connectivity index (χ0n) is 19.5. The van der Waals surface area contributed by atoms with Crippen LogP contribution >= 0.6 is 0 Å². The van der Waals surface area contributed by atoms with E-state index in [0.29, 0.717) is 16.8 Å². The highest BCUT2D eigenvalue weighted by molar-refractivity contribution is 5.95. The number of methoxy groups -OCH3 is 1. The van der Waals surface area contributed by atoms with Crippen molar-refractivity contribution >= 4 is 35.5 Å². The Bertz CT molecular complexity index is 1110. The van der Waals surface area contributed by atoms with E-state index in [1.54, 1.807) is 24.3 Å². The molecule has 3 amide bonds. The van der Waals surface area contributed by atoms with Crippen LogP contribution in [0.4, 0.5) is 10.6 Å². The number of nitrogen functional groups attached to an aromatic ring is 2. The third-order valence-electron chi connectivity index (χ3n) is 5.10. The van der Waals surface area contributed by atoms with E-state index in [0.717, 1.165) is 7.11 Å². The van der Waals surface area contributed by atoms with Crippen molar-refractivity contribution in [1.82, 2.24) is 25.9 Å². The summed E-state index contributed by atoms with van der Waals surface area (Å²) in [7, 11) is 1.10. The largest absolute Gasteiger partial charge is 0.481 e. The van der Waals surface area contributed by atoms with Crippen LogP contribution in [-0.4, -0.2) is 64.0 Å². The van der Waals surface area contributed by atoms with Crippen LogP contribution in [0.3, 0.4) is 0 Å². The number of hydrogen-bond acceptors (Lipinski definition) is 9. The monoisotopic (exact) mass is 500 g/mol. The van der Waals surface area contributed by atoms with Gasteiger partial charge in [-0.1, -0.05) is 24.3 Å². The normalized spacial score (nSPS) is 12.0. The van der Waals surface area contributed by atoms with Gasteiger partial charge in [0, 0.05) is 18.4 Å². The van der Waals surface area contributed by atoms with Crippen LogP contribution < -0.4 is 27.4 Å². The lowest BCUT2D eigenvalue weighted by Gasteiger charge is -2.33. The molecular formula is C22H28N8O6. The number of anilines is 1. The van der Waals surface area contributed by atoms with Gasteiger partial charge in [-0.3, -0.25) is 24.8 Å². The molecule has 0 saturated carbocycles. The second kappa shape index (κ2) is 12.6. The third kappa shape index (κ3) is 8.23. The second-order valence-corrected chi connectivity index (χ2v) is 7.77. The standard InChI is InChI=1S/C22H28N8O6/c1-36-21(35)30-22(7-6-18(32)33,8-13-2-4-14(5-3-13)19(24)25)20(34)29-12-17(31)28-10-15-9-27-16(23)11-26-15/h2-5,9,11H,6-8,10,12H2,1H3,(H2,23,27)(H3,24,25)(H,28,31)(H,29,34)(H,30,35)(H,32,33). The molecule has 14 nitrogen and oxygen atoms in total. The molecular weight excluding hydrogens is 472 g/mol. The van der Waals surface area contributed by atoms with Crippen molar-refractivity contribution in [1.29, 1.82) is 5.41 Å². The first-order valence-corrected chi connectivity index (χ1v) is 10.7. The number of carboxylic acid groups (broad SMARTS) is 1. The SMILES string of the molecule is COC(=O)NC(CCC(=O)O)(Cc1ccc(C(=N)N)cc1)C(=O)NCC(=O)NCc1cnc(N)cn1. The number of carboxylic acids is 1. The molecule has 1 unspecified atom stereocenters. The number of aliphatic carboxylic acids is 1. The first kappa shape index (κ1) is 27.5. The minimum atomic E-state index is -1.76. The maximum Gasteiger partial charge on any atom is 0.407 e. The molecule has 0 saturated heterocycles. The molecule has 1 heterocycles.